The minimum absolute atomic E-state index is 0.221. The summed E-state index contributed by atoms with van der Waals surface area (Å²) in [6, 6.07) is 11.6. The highest BCUT2D eigenvalue weighted by Crippen LogP contribution is 2.17. The summed E-state index contributed by atoms with van der Waals surface area (Å²) in [6.45, 7) is 6.76. The molecule has 24 heavy (non-hydrogen) atoms. The van der Waals surface area contributed by atoms with Crippen molar-refractivity contribution >= 4 is 11.9 Å². The molecule has 0 radical (unpaired) electrons. The molecule has 1 aromatic carbocycles. The Bertz CT molecular complexity index is 720. The van der Waals surface area contributed by atoms with E-state index in [-0.39, 0.29) is 12.5 Å². The molecule has 0 aliphatic rings. The van der Waals surface area contributed by atoms with Crippen molar-refractivity contribution in [2.45, 2.75) is 33.7 Å². The van der Waals surface area contributed by atoms with Gasteiger partial charge in [0.25, 0.3) is 5.91 Å². The van der Waals surface area contributed by atoms with Gasteiger partial charge in [0.05, 0.1) is 5.56 Å². The zero-order valence-electron chi connectivity index (χ0n) is 14.5. The van der Waals surface area contributed by atoms with Crippen LogP contribution in [0, 0.1) is 13.8 Å². The van der Waals surface area contributed by atoms with Crippen LogP contribution in [0.15, 0.2) is 36.4 Å². The van der Waals surface area contributed by atoms with Crippen LogP contribution in [0.3, 0.4) is 0 Å². The average molecular weight is 328 g/mol. The Labute approximate surface area is 142 Å². The molecule has 1 heterocycles. The lowest BCUT2D eigenvalue weighted by Gasteiger charge is -2.21. The van der Waals surface area contributed by atoms with E-state index < -0.39 is 5.97 Å². The van der Waals surface area contributed by atoms with Crippen LogP contribution in [0.5, 0.6) is 0 Å². The van der Waals surface area contributed by atoms with Gasteiger partial charge in [-0.05, 0) is 38.8 Å². The lowest BCUT2D eigenvalue weighted by Crippen LogP contribution is -2.37. The summed E-state index contributed by atoms with van der Waals surface area (Å²) >= 11 is 0. The second-order valence-electron chi connectivity index (χ2n) is 5.89. The highest BCUT2D eigenvalue weighted by molar-refractivity contribution is 5.97. The van der Waals surface area contributed by atoms with E-state index in [0.29, 0.717) is 18.5 Å². The molecule has 1 aromatic heterocycles. The maximum atomic E-state index is 12.9. The maximum Gasteiger partial charge on any atom is 0.323 e. The normalized spacial score (nSPS) is 10.6. The van der Waals surface area contributed by atoms with Crippen LogP contribution in [0.4, 0.5) is 0 Å². The van der Waals surface area contributed by atoms with Gasteiger partial charge in [-0.2, -0.15) is 0 Å². The van der Waals surface area contributed by atoms with Crippen molar-refractivity contribution in [1.29, 1.82) is 0 Å². The molecule has 0 bridgehead atoms. The van der Waals surface area contributed by atoms with Crippen LogP contribution in [0.2, 0.25) is 0 Å². The van der Waals surface area contributed by atoms with Crippen LogP contribution < -0.4 is 0 Å². The van der Waals surface area contributed by atoms with Crippen LogP contribution >= 0.6 is 0 Å². The second kappa shape index (κ2) is 7.81. The van der Waals surface area contributed by atoms with Crippen molar-refractivity contribution < 1.29 is 14.7 Å². The van der Waals surface area contributed by atoms with Crippen LogP contribution in [-0.2, 0) is 17.8 Å². The van der Waals surface area contributed by atoms with E-state index in [1.54, 1.807) is 0 Å². The van der Waals surface area contributed by atoms with E-state index in [4.69, 9.17) is 5.11 Å². The third-order valence-electron chi connectivity index (χ3n) is 4.25. The largest absolute Gasteiger partial charge is 0.480 e. The Hall–Kier alpha value is -2.56. The molecule has 0 aliphatic heterocycles. The number of carboxylic acids is 1. The summed E-state index contributed by atoms with van der Waals surface area (Å²) in [6.07, 6.45) is 0.631. The molecule has 1 amide bonds. The molecule has 1 N–H and O–H groups in total. The zero-order chi connectivity index (χ0) is 17.7. The van der Waals surface area contributed by atoms with E-state index in [1.807, 2.05) is 57.2 Å². The van der Waals surface area contributed by atoms with Gasteiger partial charge < -0.3 is 14.6 Å². The van der Waals surface area contributed by atoms with Gasteiger partial charge in [0, 0.05) is 24.5 Å². The molecule has 0 unspecified atom stereocenters. The SMILES string of the molecule is CCn1c(C)cc(C(=O)N(CCc2ccccc2)CC(=O)O)c1C. The van der Waals surface area contributed by atoms with Crippen molar-refractivity contribution in [2.24, 2.45) is 0 Å². The van der Waals surface area contributed by atoms with Crippen LogP contribution in [0.25, 0.3) is 0 Å². The zero-order valence-corrected chi connectivity index (χ0v) is 14.5. The molecular formula is C19H24N2O3. The van der Waals surface area contributed by atoms with Gasteiger partial charge >= 0.3 is 5.97 Å². The minimum atomic E-state index is -0.999. The Balaban J connectivity index is 2.20. The van der Waals surface area contributed by atoms with Crippen molar-refractivity contribution in [3.8, 4) is 0 Å². The molecule has 0 saturated heterocycles. The number of benzene rings is 1. The Kier molecular flexibility index (Phi) is 5.79. The summed E-state index contributed by atoms with van der Waals surface area (Å²) < 4.78 is 2.06. The van der Waals surface area contributed by atoms with E-state index in [0.717, 1.165) is 23.5 Å². The van der Waals surface area contributed by atoms with Gasteiger partial charge in [0.2, 0.25) is 0 Å². The molecule has 2 aromatic rings. The third kappa shape index (κ3) is 4.04. The third-order valence-corrected chi connectivity index (χ3v) is 4.25. The standard InChI is InChI=1S/C19H24N2O3/c1-4-21-14(2)12-17(15(21)3)19(24)20(13-18(22)23)11-10-16-8-6-5-7-9-16/h5-9,12H,4,10-11,13H2,1-3H3,(H,22,23). The topological polar surface area (TPSA) is 62.5 Å². The number of carboxylic acid groups (broad SMARTS) is 1. The summed E-state index contributed by atoms with van der Waals surface area (Å²) in [4.78, 5) is 25.4. The van der Waals surface area contributed by atoms with Gasteiger partial charge in [-0.15, -0.1) is 0 Å². The Morgan fingerprint density at radius 3 is 2.38 bits per heavy atom. The number of amides is 1. The fourth-order valence-corrected chi connectivity index (χ4v) is 3.00. The highest BCUT2D eigenvalue weighted by atomic mass is 16.4. The number of hydrogen-bond acceptors (Lipinski definition) is 2. The van der Waals surface area contributed by atoms with Crippen LogP contribution in [-0.4, -0.2) is 39.5 Å². The predicted octanol–water partition coefficient (Wildman–Crippen LogP) is 2.89. The molecule has 5 heteroatoms. The first kappa shape index (κ1) is 17.8. The quantitative estimate of drug-likeness (QED) is 0.850. The van der Waals surface area contributed by atoms with Gasteiger partial charge in [-0.25, -0.2) is 0 Å². The fourth-order valence-electron chi connectivity index (χ4n) is 3.00. The van der Waals surface area contributed by atoms with E-state index in [1.165, 1.54) is 4.90 Å². The molecule has 0 spiro atoms. The lowest BCUT2D eigenvalue weighted by molar-refractivity contribution is -0.137. The van der Waals surface area contributed by atoms with Gasteiger partial charge in [0.15, 0.2) is 0 Å². The molecule has 0 atom stereocenters. The Morgan fingerprint density at radius 2 is 1.83 bits per heavy atom. The van der Waals surface area contributed by atoms with Crippen LogP contribution in [0.1, 0.15) is 34.2 Å². The minimum Gasteiger partial charge on any atom is -0.480 e. The summed E-state index contributed by atoms with van der Waals surface area (Å²) in [7, 11) is 0. The Morgan fingerprint density at radius 1 is 1.17 bits per heavy atom. The number of rotatable bonds is 7. The van der Waals surface area contributed by atoms with Crippen molar-refractivity contribution in [3.05, 3.63) is 58.9 Å². The highest BCUT2D eigenvalue weighted by Gasteiger charge is 2.22. The number of carbonyl (C=O) groups is 2. The van der Waals surface area contributed by atoms with Gasteiger partial charge in [-0.3, -0.25) is 9.59 Å². The molecule has 0 fully saturated rings. The molecule has 5 nitrogen and oxygen atoms in total. The number of aromatic nitrogens is 1. The van der Waals surface area contributed by atoms with E-state index in [9.17, 15) is 9.59 Å². The smallest absolute Gasteiger partial charge is 0.323 e. The number of carbonyl (C=O) groups excluding carboxylic acids is 1. The average Bonchev–Trinajstić information content (AvgIpc) is 2.85. The molecule has 0 saturated carbocycles. The predicted molar refractivity (Wildman–Crippen MR) is 93.3 cm³/mol. The molecule has 128 valence electrons. The lowest BCUT2D eigenvalue weighted by atomic mass is 10.1. The first-order valence-corrected chi connectivity index (χ1v) is 8.15. The number of aryl methyl sites for hydroxylation is 1. The number of nitrogens with zero attached hydrogens (tertiary/aromatic N) is 2. The number of hydrogen-bond donors (Lipinski definition) is 1. The monoisotopic (exact) mass is 328 g/mol. The fraction of sp³-hybridized carbons (Fsp3) is 0.368. The van der Waals surface area contributed by atoms with E-state index in [2.05, 4.69) is 4.57 Å². The van der Waals surface area contributed by atoms with Gasteiger partial charge in [0.1, 0.15) is 6.54 Å². The molecule has 0 aliphatic carbocycles. The van der Waals surface area contributed by atoms with Gasteiger partial charge in [-0.1, -0.05) is 30.3 Å². The molecule has 2 rings (SSSR count). The van der Waals surface area contributed by atoms with Crippen molar-refractivity contribution in [2.75, 3.05) is 13.1 Å². The number of aliphatic carboxylic acids is 1. The van der Waals surface area contributed by atoms with Crippen molar-refractivity contribution in [1.82, 2.24) is 9.47 Å². The molecular weight excluding hydrogens is 304 g/mol. The summed E-state index contributed by atoms with van der Waals surface area (Å²) in [5.74, 6) is -1.22. The van der Waals surface area contributed by atoms with Crippen molar-refractivity contribution in [3.63, 3.8) is 0 Å². The maximum absolute atomic E-state index is 12.9. The summed E-state index contributed by atoms with van der Waals surface area (Å²) in [5, 5.41) is 9.15. The first-order chi connectivity index (χ1) is 11.4. The summed E-state index contributed by atoms with van der Waals surface area (Å²) in [5.41, 5.74) is 3.56. The second-order valence-corrected chi connectivity index (χ2v) is 5.89. The van der Waals surface area contributed by atoms with E-state index >= 15 is 0 Å². The first-order valence-electron chi connectivity index (χ1n) is 8.15.